The summed E-state index contributed by atoms with van der Waals surface area (Å²) in [5, 5.41) is 11.5. The van der Waals surface area contributed by atoms with E-state index in [1.54, 1.807) is 24.3 Å². The number of ether oxygens (including phenoxy) is 2. The first-order valence-corrected chi connectivity index (χ1v) is 7.47. The van der Waals surface area contributed by atoms with Crippen molar-refractivity contribution in [2.45, 2.75) is 32.6 Å². The number of hydrogen-bond donors (Lipinski definition) is 2. The summed E-state index contributed by atoms with van der Waals surface area (Å²) >= 11 is 0. The minimum atomic E-state index is -0.0156. The average molecular weight is 295 g/mol. The normalized spacial score (nSPS) is 10.4. The molecule has 0 aromatic heterocycles. The average Bonchev–Trinajstić information content (AvgIpc) is 2.50. The van der Waals surface area contributed by atoms with Gasteiger partial charge in [-0.15, -0.1) is 0 Å². The lowest BCUT2D eigenvalue weighted by Gasteiger charge is -2.08. The second kappa shape index (κ2) is 11.1. The van der Waals surface area contributed by atoms with Crippen molar-refractivity contribution in [3.8, 4) is 5.75 Å². The molecule has 5 heteroatoms. The predicted octanol–water partition coefficient (Wildman–Crippen LogP) is 2.59. The lowest BCUT2D eigenvalue weighted by atomic mass is 10.2. The van der Waals surface area contributed by atoms with E-state index in [2.05, 4.69) is 12.2 Å². The van der Waals surface area contributed by atoms with Crippen molar-refractivity contribution in [3.63, 3.8) is 0 Å². The number of amides is 1. The van der Waals surface area contributed by atoms with E-state index in [9.17, 15) is 4.79 Å². The number of anilines is 1. The van der Waals surface area contributed by atoms with Gasteiger partial charge in [0.1, 0.15) is 12.4 Å². The molecule has 5 nitrogen and oxygen atoms in total. The second-order valence-corrected chi connectivity index (χ2v) is 4.71. The molecular weight excluding hydrogens is 270 g/mol. The molecule has 0 aliphatic heterocycles. The fraction of sp³-hybridized carbons (Fsp3) is 0.562. The minimum absolute atomic E-state index is 0.0151. The van der Waals surface area contributed by atoms with Crippen LogP contribution in [0.5, 0.6) is 5.75 Å². The first-order valence-electron chi connectivity index (χ1n) is 7.47. The van der Waals surface area contributed by atoms with Crippen LogP contribution >= 0.6 is 0 Å². The van der Waals surface area contributed by atoms with Crippen LogP contribution in [0.25, 0.3) is 0 Å². The van der Waals surface area contributed by atoms with Gasteiger partial charge >= 0.3 is 0 Å². The third kappa shape index (κ3) is 8.32. The molecule has 0 fully saturated rings. The van der Waals surface area contributed by atoms with Gasteiger partial charge in [-0.25, -0.2) is 0 Å². The molecule has 1 aromatic carbocycles. The van der Waals surface area contributed by atoms with Crippen LogP contribution in [0.4, 0.5) is 5.69 Å². The molecule has 1 aromatic rings. The van der Waals surface area contributed by atoms with E-state index in [0.29, 0.717) is 18.8 Å². The topological polar surface area (TPSA) is 67.8 Å². The van der Waals surface area contributed by atoms with E-state index in [4.69, 9.17) is 14.6 Å². The van der Waals surface area contributed by atoms with Gasteiger partial charge < -0.3 is 19.9 Å². The van der Waals surface area contributed by atoms with Crippen LogP contribution in [0.2, 0.25) is 0 Å². The van der Waals surface area contributed by atoms with E-state index in [-0.39, 0.29) is 19.1 Å². The third-order valence-electron chi connectivity index (χ3n) is 2.83. The van der Waals surface area contributed by atoms with Crippen LogP contribution in [0.1, 0.15) is 32.6 Å². The van der Waals surface area contributed by atoms with Crippen LogP contribution in [-0.2, 0) is 9.53 Å². The molecule has 118 valence electrons. The van der Waals surface area contributed by atoms with Crippen LogP contribution < -0.4 is 10.1 Å². The van der Waals surface area contributed by atoms with Crippen LogP contribution in [0, 0.1) is 0 Å². The van der Waals surface area contributed by atoms with E-state index in [0.717, 1.165) is 31.6 Å². The minimum Gasteiger partial charge on any atom is -0.491 e. The Balaban J connectivity index is 2.18. The molecule has 0 unspecified atom stereocenters. The Labute approximate surface area is 126 Å². The van der Waals surface area contributed by atoms with E-state index in [1.807, 2.05) is 0 Å². The fourth-order valence-electron chi connectivity index (χ4n) is 1.70. The summed E-state index contributed by atoms with van der Waals surface area (Å²) in [7, 11) is 0. The lowest BCUT2D eigenvalue weighted by molar-refractivity contribution is -0.116. The largest absolute Gasteiger partial charge is 0.491 e. The molecule has 0 aliphatic carbocycles. The van der Waals surface area contributed by atoms with Gasteiger partial charge in [0.2, 0.25) is 5.91 Å². The Morgan fingerprint density at radius 3 is 2.52 bits per heavy atom. The van der Waals surface area contributed by atoms with Crippen LogP contribution in [-0.4, -0.2) is 37.4 Å². The van der Waals surface area contributed by atoms with Crippen molar-refractivity contribution in [1.29, 1.82) is 0 Å². The Hall–Kier alpha value is -1.59. The first-order chi connectivity index (χ1) is 10.3. The van der Waals surface area contributed by atoms with E-state index < -0.39 is 0 Å². The Bertz CT molecular complexity index is 392. The Morgan fingerprint density at radius 2 is 1.86 bits per heavy atom. The quantitative estimate of drug-likeness (QED) is 0.616. The number of hydrogen-bond acceptors (Lipinski definition) is 4. The van der Waals surface area contributed by atoms with Gasteiger partial charge in [-0.1, -0.05) is 13.3 Å². The summed E-state index contributed by atoms with van der Waals surface area (Å²) in [4.78, 5) is 11.7. The van der Waals surface area contributed by atoms with E-state index >= 15 is 0 Å². The molecule has 0 heterocycles. The maximum Gasteiger partial charge on any atom is 0.224 e. The molecule has 1 amide bonds. The van der Waals surface area contributed by atoms with Gasteiger partial charge in [-0.2, -0.15) is 0 Å². The fourth-order valence-corrected chi connectivity index (χ4v) is 1.70. The zero-order valence-corrected chi connectivity index (χ0v) is 12.6. The number of unbranched alkanes of at least 4 members (excludes halogenated alkanes) is 1. The van der Waals surface area contributed by atoms with Crippen molar-refractivity contribution >= 4 is 11.6 Å². The molecule has 0 bridgehead atoms. The van der Waals surface area contributed by atoms with Crippen LogP contribution in [0.15, 0.2) is 24.3 Å². The molecule has 0 aliphatic rings. The van der Waals surface area contributed by atoms with Gasteiger partial charge in [0.15, 0.2) is 0 Å². The second-order valence-electron chi connectivity index (χ2n) is 4.71. The predicted molar refractivity (Wildman–Crippen MR) is 82.6 cm³/mol. The number of carbonyl (C=O) groups is 1. The van der Waals surface area contributed by atoms with Crippen LogP contribution in [0.3, 0.4) is 0 Å². The molecule has 0 saturated carbocycles. The maximum atomic E-state index is 11.7. The number of benzene rings is 1. The van der Waals surface area contributed by atoms with Crippen molar-refractivity contribution < 1.29 is 19.4 Å². The van der Waals surface area contributed by atoms with Crippen molar-refractivity contribution in [1.82, 2.24) is 0 Å². The molecule has 1 rings (SSSR count). The van der Waals surface area contributed by atoms with Gasteiger partial charge in [0, 0.05) is 25.3 Å². The monoisotopic (exact) mass is 295 g/mol. The number of aliphatic hydroxyl groups is 1. The van der Waals surface area contributed by atoms with Gasteiger partial charge in [0.05, 0.1) is 6.61 Å². The highest BCUT2D eigenvalue weighted by molar-refractivity contribution is 5.90. The van der Waals surface area contributed by atoms with Gasteiger partial charge in [0.25, 0.3) is 0 Å². The van der Waals surface area contributed by atoms with Crippen molar-refractivity contribution in [2.75, 3.05) is 31.7 Å². The molecule has 0 radical (unpaired) electrons. The molecule has 0 saturated heterocycles. The highest BCUT2D eigenvalue weighted by atomic mass is 16.5. The molecule has 2 N–H and O–H groups in total. The number of nitrogens with one attached hydrogen (secondary N) is 1. The smallest absolute Gasteiger partial charge is 0.224 e. The summed E-state index contributed by atoms with van der Waals surface area (Å²) in [5.41, 5.74) is 0.739. The molecular formula is C16H25NO4. The van der Waals surface area contributed by atoms with Gasteiger partial charge in [-0.05, 0) is 37.1 Å². The Kier molecular flexibility index (Phi) is 9.24. The van der Waals surface area contributed by atoms with Crippen molar-refractivity contribution in [3.05, 3.63) is 24.3 Å². The van der Waals surface area contributed by atoms with Gasteiger partial charge in [-0.3, -0.25) is 4.79 Å². The number of carbonyl (C=O) groups excluding carboxylic acids is 1. The molecule has 0 spiro atoms. The zero-order chi connectivity index (χ0) is 15.3. The number of rotatable bonds is 11. The standard InChI is InChI=1S/C16H25NO4/c1-2-3-11-20-12-4-5-16(19)17-14-6-8-15(9-7-14)21-13-10-18/h6-9,18H,2-5,10-13H2,1H3,(H,17,19). The Morgan fingerprint density at radius 1 is 1.14 bits per heavy atom. The summed E-state index contributed by atoms with van der Waals surface area (Å²) in [6.07, 6.45) is 3.37. The lowest BCUT2D eigenvalue weighted by Crippen LogP contribution is -2.12. The third-order valence-corrected chi connectivity index (χ3v) is 2.83. The summed E-state index contributed by atoms with van der Waals surface area (Å²) in [6.45, 7) is 3.77. The van der Waals surface area contributed by atoms with Crippen molar-refractivity contribution in [2.24, 2.45) is 0 Å². The molecule has 0 atom stereocenters. The highest BCUT2D eigenvalue weighted by Gasteiger charge is 2.02. The number of aliphatic hydroxyl groups excluding tert-OH is 1. The maximum absolute atomic E-state index is 11.7. The summed E-state index contributed by atoms with van der Waals surface area (Å²) in [5.74, 6) is 0.657. The first kappa shape index (κ1) is 17.5. The van der Waals surface area contributed by atoms with E-state index in [1.165, 1.54) is 0 Å². The zero-order valence-electron chi connectivity index (χ0n) is 12.6. The summed E-state index contributed by atoms with van der Waals surface area (Å²) in [6, 6.07) is 7.09. The SMILES string of the molecule is CCCCOCCCC(=O)Nc1ccc(OCCO)cc1. The molecule has 21 heavy (non-hydrogen) atoms. The summed E-state index contributed by atoms with van der Waals surface area (Å²) < 4.78 is 10.7. The highest BCUT2D eigenvalue weighted by Crippen LogP contribution is 2.15.